The van der Waals surface area contributed by atoms with E-state index >= 15 is 0 Å². The Balaban J connectivity index is 1.51. The van der Waals surface area contributed by atoms with Crippen molar-refractivity contribution in [3.8, 4) is 11.5 Å². The molecule has 2 aliphatic rings. The van der Waals surface area contributed by atoms with Crippen LogP contribution in [0.2, 0.25) is 0 Å². The van der Waals surface area contributed by atoms with Gasteiger partial charge in [-0.1, -0.05) is 6.07 Å². The topological polar surface area (TPSA) is 76.0 Å². The van der Waals surface area contributed by atoms with Crippen LogP contribution in [-0.2, 0) is 17.9 Å². The van der Waals surface area contributed by atoms with Gasteiger partial charge in [0.1, 0.15) is 5.69 Å². The molecule has 140 valence electrons. The molecular formula is C20H23N5O2. The second-order valence-corrected chi connectivity index (χ2v) is 7.57. The van der Waals surface area contributed by atoms with E-state index in [4.69, 9.17) is 4.74 Å². The lowest BCUT2D eigenvalue weighted by atomic mass is 9.89. The molecule has 2 aromatic heterocycles. The lowest BCUT2D eigenvalue weighted by molar-refractivity contribution is 0.0801. The van der Waals surface area contributed by atoms with Gasteiger partial charge in [-0.05, 0) is 62.7 Å². The highest BCUT2D eigenvalue weighted by molar-refractivity contribution is 5.80. The number of benzene rings is 1. The summed E-state index contributed by atoms with van der Waals surface area (Å²) in [5.74, 6) is 1.03. The molecule has 3 aromatic rings. The molecule has 0 spiro atoms. The predicted molar refractivity (Wildman–Crippen MR) is 103 cm³/mol. The molecule has 27 heavy (non-hydrogen) atoms. The third kappa shape index (κ3) is 3.07. The summed E-state index contributed by atoms with van der Waals surface area (Å²) in [5, 5.41) is 5.22. The number of piperidine rings is 1. The van der Waals surface area contributed by atoms with Gasteiger partial charge < -0.3 is 14.6 Å². The van der Waals surface area contributed by atoms with Crippen LogP contribution in [0, 0.1) is 0 Å². The number of nitrogens with one attached hydrogen (secondary N) is 1. The number of hydrogen-bond acceptors (Lipinski definition) is 5. The largest absolute Gasteiger partial charge is 0.373 e. The quantitative estimate of drug-likeness (QED) is 0.753. The van der Waals surface area contributed by atoms with Crippen LogP contribution in [0.1, 0.15) is 30.0 Å². The van der Waals surface area contributed by atoms with Crippen molar-refractivity contribution in [1.29, 1.82) is 0 Å². The van der Waals surface area contributed by atoms with Gasteiger partial charge in [0.05, 0.1) is 36.4 Å². The Kier molecular flexibility index (Phi) is 4.06. The van der Waals surface area contributed by atoms with E-state index in [1.807, 2.05) is 22.9 Å². The molecule has 1 saturated heterocycles. The maximum Gasteiger partial charge on any atom is 0.259 e. The molecule has 1 N–H and O–H groups in total. The average molecular weight is 365 g/mol. The van der Waals surface area contributed by atoms with Gasteiger partial charge in [0.15, 0.2) is 5.82 Å². The van der Waals surface area contributed by atoms with E-state index < -0.39 is 0 Å². The molecule has 0 amide bonds. The van der Waals surface area contributed by atoms with Gasteiger partial charge in [-0.2, -0.15) is 5.10 Å². The van der Waals surface area contributed by atoms with Crippen LogP contribution in [0.4, 0.5) is 0 Å². The van der Waals surface area contributed by atoms with Crippen LogP contribution in [0.25, 0.3) is 22.4 Å². The highest BCUT2D eigenvalue weighted by Crippen LogP contribution is 2.29. The van der Waals surface area contributed by atoms with Crippen LogP contribution in [-0.4, -0.2) is 51.4 Å². The van der Waals surface area contributed by atoms with E-state index in [1.54, 1.807) is 0 Å². The van der Waals surface area contributed by atoms with E-state index in [0.29, 0.717) is 41.6 Å². The lowest BCUT2D eigenvalue weighted by Crippen LogP contribution is -2.29. The molecule has 0 atom stereocenters. The van der Waals surface area contributed by atoms with Gasteiger partial charge in [-0.3, -0.25) is 9.48 Å². The van der Waals surface area contributed by atoms with Crippen LogP contribution < -0.4 is 5.56 Å². The molecule has 1 fully saturated rings. The number of ether oxygens (including phenoxy) is 1. The molecule has 2 aliphatic heterocycles. The first-order valence-electron chi connectivity index (χ1n) is 9.55. The summed E-state index contributed by atoms with van der Waals surface area (Å²) in [6.45, 7) is 4.14. The minimum absolute atomic E-state index is 0.105. The van der Waals surface area contributed by atoms with Gasteiger partial charge in [-0.15, -0.1) is 0 Å². The minimum atomic E-state index is -0.105. The Morgan fingerprint density at radius 1 is 1.19 bits per heavy atom. The summed E-state index contributed by atoms with van der Waals surface area (Å²) < 4.78 is 7.38. The van der Waals surface area contributed by atoms with Crippen molar-refractivity contribution in [3.63, 3.8) is 0 Å². The van der Waals surface area contributed by atoms with Crippen LogP contribution in [0.5, 0.6) is 0 Å². The normalized spacial score (nSPS) is 18.7. The van der Waals surface area contributed by atoms with Gasteiger partial charge in [0.25, 0.3) is 5.56 Å². The number of rotatable bonds is 2. The molecule has 7 heteroatoms. The first-order chi connectivity index (χ1) is 13.2. The van der Waals surface area contributed by atoms with E-state index in [2.05, 4.69) is 33.1 Å². The van der Waals surface area contributed by atoms with E-state index in [9.17, 15) is 4.79 Å². The second kappa shape index (κ2) is 6.58. The van der Waals surface area contributed by atoms with Gasteiger partial charge in [-0.25, -0.2) is 4.98 Å². The molecule has 7 nitrogen and oxygen atoms in total. The van der Waals surface area contributed by atoms with Crippen molar-refractivity contribution in [2.24, 2.45) is 0 Å². The van der Waals surface area contributed by atoms with E-state index in [0.717, 1.165) is 38.2 Å². The summed E-state index contributed by atoms with van der Waals surface area (Å²) in [6, 6.07) is 8.06. The Morgan fingerprint density at radius 2 is 2.04 bits per heavy atom. The zero-order valence-corrected chi connectivity index (χ0v) is 15.4. The molecule has 5 rings (SSSR count). The smallest absolute Gasteiger partial charge is 0.259 e. The van der Waals surface area contributed by atoms with Crippen molar-refractivity contribution in [2.45, 2.75) is 31.9 Å². The number of likely N-dealkylation sites (tertiary alicyclic amines) is 1. The molecule has 0 aliphatic carbocycles. The molecule has 0 unspecified atom stereocenters. The molecule has 0 radical (unpaired) electrons. The fourth-order valence-corrected chi connectivity index (χ4v) is 4.08. The maximum absolute atomic E-state index is 12.7. The van der Waals surface area contributed by atoms with E-state index in [1.165, 1.54) is 5.56 Å². The number of H-pyrrole nitrogens is 1. The molecular weight excluding hydrogens is 342 g/mol. The second-order valence-electron chi connectivity index (χ2n) is 7.57. The third-order valence-corrected chi connectivity index (χ3v) is 5.72. The zero-order valence-electron chi connectivity index (χ0n) is 15.4. The molecule has 1 aromatic carbocycles. The van der Waals surface area contributed by atoms with Gasteiger partial charge in [0.2, 0.25) is 0 Å². The SMILES string of the molecule is CN1CCC(c2ccc3nc(-c4cc5n(n4)CCOC5)[nH]c(=O)c3c2)CC1. The summed E-state index contributed by atoms with van der Waals surface area (Å²) >= 11 is 0. The average Bonchev–Trinajstić information content (AvgIpc) is 3.13. The first-order valence-corrected chi connectivity index (χ1v) is 9.55. The highest BCUT2D eigenvalue weighted by atomic mass is 16.5. The Morgan fingerprint density at radius 3 is 2.85 bits per heavy atom. The summed E-state index contributed by atoms with van der Waals surface area (Å²) in [4.78, 5) is 22.7. The Labute approximate surface area is 157 Å². The van der Waals surface area contributed by atoms with Crippen LogP contribution in [0.3, 0.4) is 0 Å². The number of hydrogen-bond donors (Lipinski definition) is 1. The van der Waals surface area contributed by atoms with Crippen molar-refractivity contribution >= 4 is 10.9 Å². The predicted octanol–water partition coefficient (Wildman–Crippen LogP) is 2.13. The monoisotopic (exact) mass is 365 g/mol. The fourth-order valence-electron chi connectivity index (χ4n) is 4.08. The number of aromatic nitrogens is 4. The van der Waals surface area contributed by atoms with Crippen molar-refractivity contribution in [3.05, 3.63) is 45.9 Å². The minimum Gasteiger partial charge on any atom is -0.373 e. The molecule has 0 saturated carbocycles. The van der Waals surface area contributed by atoms with Gasteiger partial charge in [0, 0.05) is 0 Å². The fraction of sp³-hybridized carbons (Fsp3) is 0.450. The Hall–Kier alpha value is -2.51. The molecule has 0 bridgehead atoms. The van der Waals surface area contributed by atoms with Gasteiger partial charge >= 0.3 is 0 Å². The van der Waals surface area contributed by atoms with Crippen molar-refractivity contribution in [1.82, 2.24) is 24.6 Å². The maximum atomic E-state index is 12.7. The number of aromatic amines is 1. The summed E-state index contributed by atoms with van der Waals surface area (Å²) in [7, 11) is 2.16. The number of nitrogens with zero attached hydrogens (tertiary/aromatic N) is 4. The lowest BCUT2D eigenvalue weighted by Gasteiger charge is -2.29. The highest BCUT2D eigenvalue weighted by Gasteiger charge is 2.20. The van der Waals surface area contributed by atoms with Crippen LogP contribution >= 0.6 is 0 Å². The Bertz CT molecular complexity index is 1020. The third-order valence-electron chi connectivity index (χ3n) is 5.72. The summed E-state index contributed by atoms with van der Waals surface area (Å²) in [5.41, 5.74) is 3.55. The summed E-state index contributed by atoms with van der Waals surface area (Å²) in [6.07, 6.45) is 2.27. The number of fused-ring (bicyclic) bond motifs is 2. The standard InChI is InChI=1S/C20H23N5O2/c1-24-6-4-13(5-7-24)14-2-3-17-16(10-14)20(26)22-19(21-17)18-11-15-12-27-9-8-25(15)23-18/h2-3,10-11,13H,4-9,12H2,1H3,(H,21,22,26). The van der Waals surface area contributed by atoms with E-state index in [-0.39, 0.29) is 5.56 Å². The molecule has 4 heterocycles. The van der Waals surface area contributed by atoms with Crippen molar-refractivity contribution < 1.29 is 4.74 Å². The van der Waals surface area contributed by atoms with Crippen LogP contribution in [0.15, 0.2) is 29.1 Å². The van der Waals surface area contributed by atoms with Crippen molar-refractivity contribution in [2.75, 3.05) is 26.7 Å². The zero-order chi connectivity index (χ0) is 18.4. The first kappa shape index (κ1) is 16.6.